The van der Waals surface area contributed by atoms with Crippen molar-refractivity contribution in [3.63, 3.8) is 0 Å². The largest absolute Gasteiger partial charge is 0.367 e. The second kappa shape index (κ2) is 6.74. The first-order valence-electron chi connectivity index (χ1n) is 6.75. The van der Waals surface area contributed by atoms with Crippen LogP contribution in [0.4, 0.5) is 5.69 Å². The molecule has 1 amide bonds. The van der Waals surface area contributed by atoms with Gasteiger partial charge >= 0.3 is 0 Å². The van der Waals surface area contributed by atoms with E-state index in [1.165, 1.54) is 6.92 Å². The summed E-state index contributed by atoms with van der Waals surface area (Å²) in [6.07, 6.45) is 1.93. The molecule has 1 saturated heterocycles. The SMILES string of the molecule is CC(=O)Nc1cccc(CN2CCCNC2=C[N+](=O)[O-])c1. The van der Waals surface area contributed by atoms with Gasteiger partial charge in [-0.2, -0.15) is 0 Å². The maximum atomic E-state index is 11.1. The highest BCUT2D eigenvalue weighted by Gasteiger charge is 2.17. The van der Waals surface area contributed by atoms with Gasteiger partial charge in [-0.05, 0) is 24.1 Å². The molecule has 1 aliphatic heterocycles. The van der Waals surface area contributed by atoms with Crippen LogP contribution in [0, 0.1) is 10.1 Å². The van der Waals surface area contributed by atoms with Crippen LogP contribution in [0.15, 0.2) is 36.3 Å². The molecule has 0 bridgehead atoms. The van der Waals surface area contributed by atoms with E-state index in [0.29, 0.717) is 12.4 Å². The van der Waals surface area contributed by atoms with Gasteiger partial charge in [0.1, 0.15) is 0 Å². The molecule has 1 aliphatic rings. The van der Waals surface area contributed by atoms with Gasteiger partial charge in [0, 0.05) is 32.2 Å². The fourth-order valence-corrected chi connectivity index (χ4v) is 2.28. The van der Waals surface area contributed by atoms with Crippen molar-refractivity contribution in [3.05, 3.63) is 52.0 Å². The van der Waals surface area contributed by atoms with E-state index in [0.717, 1.165) is 37.0 Å². The summed E-state index contributed by atoms with van der Waals surface area (Å²) in [5.41, 5.74) is 1.71. The van der Waals surface area contributed by atoms with Gasteiger partial charge in [-0.15, -0.1) is 0 Å². The molecule has 1 aromatic rings. The predicted molar refractivity (Wildman–Crippen MR) is 78.9 cm³/mol. The monoisotopic (exact) mass is 290 g/mol. The maximum Gasteiger partial charge on any atom is 0.274 e. The number of hydrogen-bond acceptors (Lipinski definition) is 5. The van der Waals surface area contributed by atoms with Gasteiger partial charge in [-0.25, -0.2) is 0 Å². The number of carbonyl (C=O) groups is 1. The van der Waals surface area contributed by atoms with Crippen LogP contribution in [0.25, 0.3) is 0 Å². The van der Waals surface area contributed by atoms with E-state index in [-0.39, 0.29) is 5.91 Å². The number of amides is 1. The van der Waals surface area contributed by atoms with Gasteiger partial charge in [0.2, 0.25) is 5.91 Å². The first-order chi connectivity index (χ1) is 10.0. The third kappa shape index (κ3) is 4.48. The molecule has 0 atom stereocenters. The molecule has 0 aromatic heterocycles. The molecule has 1 aromatic carbocycles. The van der Waals surface area contributed by atoms with Gasteiger partial charge in [-0.3, -0.25) is 14.9 Å². The van der Waals surface area contributed by atoms with Crippen LogP contribution < -0.4 is 10.6 Å². The minimum atomic E-state index is -0.450. The fraction of sp³-hybridized carbons (Fsp3) is 0.357. The first-order valence-corrected chi connectivity index (χ1v) is 6.75. The van der Waals surface area contributed by atoms with Crippen LogP contribution in [-0.2, 0) is 11.3 Å². The van der Waals surface area contributed by atoms with E-state index in [4.69, 9.17) is 0 Å². The van der Waals surface area contributed by atoms with Gasteiger partial charge in [-0.1, -0.05) is 12.1 Å². The van der Waals surface area contributed by atoms with Crippen molar-refractivity contribution in [2.45, 2.75) is 19.9 Å². The van der Waals surface area contributed by atoms with E-state index >= 15 is 0 Å². The Labute approximate surface area is 122 Å². The average Bonchev–Trinajstić information content (AvgIpc) is 2.40. The molecule has 1 heterocycles. The van der Waals surface area contributed by atoms with Crippen LogP contribution in [0.3, 0.4) is 0 Å². The van der Waals surface area contributed by atoms with Crippen molar-refractivity contribution in [3.8, 4) is 0 Å². The Bertz CT molecular complexity index is 571. The second-order valence-corrected chi connectivity index (χ2v) is 4.88. The summed E-state index contributed by atoms with van der Waals surface area (Å²) in [6.45, 7) is 3.51. The van der Waals surface area contributed by atoms with E-state index in [1.54, 1.807) is 0 Å². The molecule has 0 spiro atoms. The lowest BCUT2D eigenvalue weighted by molar-refractivity contribution is -0.405. The minimum Gasteiger partial charge on any atom is -0.367 e. The molecular weight excluding hydrogens is 272 g/mol. The number of hydrogen-bond donors (Lipinski definition) is 2. The zero-order valence-electron chi connectivity index (χ0n) is 11.8. The standard InChI is InChI=1S/C14H18N4O3/c1-11(19)16-13-5-2-4-12(8-13)9-17-7-3-6-15-14(17)10-18(20)21/h2,4-5,8,10,15H,3,6-7,9H2,1H3,(H,16,19). The molecule has 1 fully saturated rings. The first kappa shape index (κ1) is 14.8. The zero-order chi connectivity index (χ0) is 15.2. The number of carbonyl (C=O) groups excluding carboxylic acids is 1. The molecule has 7 nitrogen and oxygen atoms in total. The third-order valence-corrected chi connectivity index (χ3v) is 3.10. The molecule has 2 rings (SSSR count). The molecule has 2 N–H and O–H groups in total. The van der Waals surface area contributed by atoms with E-state index in [1.807, 2.05) is 29.2 Å². The van der Waals surface area contributed by atoms with Crippen LogP contribution in [0.5, 0.6) is 0 Å². The van der Waals surface area contributed by atoms with Crippen LogP contribution in [0.2, 0.25) is 0 Å². The van der Waals surface area contributed by atoms with Gasteiger partial charge < -0.3 is 15.5 Å². The van der Waals surface area contributed by atoms with Crippen LogP contribution in [-0.4, -0.2) is 28.8 Å². The number of rotatable bonds is 4. The predicted octanol–water partition coefficient (Wildman–Crippen LogP) is 1.52. The minimum absolute atomic E-state index is 0.124. The molecule has 112 valence electrons. The molecular formula is C14H18N4O3. The highest BCUT2D eigenvalue weighted by molar-refractivity contribution is 5.88. The lowest BCUT2D eigenvalue weighted by Gasteiger charge is -2.31. The number of nitrogens with zero attached hydrogens (tertiary/aromatic N) is 2. The Morgan fingerprint density at radius 1 is 1.57 bits per heavy atom. The topological polar surface area (TPSA) is 87.5 Å². The zero-order valence-corrected chi connectivity index (χ0v) is 11.8. The lowest BCUT2D eigenvalue weighted by Crippen LogP contribution is -2.39. The highest BCUT2D eigenvalue weighted by Crippen LogP contribution is 2.16. The van der Waals surface area contributed by atoms with Crippen molar-refractivity contribution >= 4 is 11.6 Å². The Balaban J connectivity index is 2.12. The molecule has 0 radical (unpaired) electrons. The Morgan fingerprint density at radius 2 is 2.38 bits per heavy atom. The van der Waals surface area contributed by atoms with Crippen molar-refractivity contribution in [2.75, 3.05) is 18.4 Å². The lowest BCUT2D eigenvalue weighted by atomic mass is 10.1. The van der Waals surface area contributed by atoms with Crippen molar-refractivity contribution in [1.29, 1.82) is 0 Å². The van der Waals surface area contributed by atoms with Crippen LogP contribution in [0.1, 0.15) is 18.9 Å². The number of benzene rings is 1. The Hall–Kier alpha value is -2.57. The summed E-state index contributed by atoms with van der Waals surface area (Å²) < 4.78 is 0. The van der Waals surface area contributed by atoms with Gasteiger partial charge in [0.25, 0.3) is 6.20 Å². The van der Waals surface area contributed by atoms with Gasteiger partial charge in [0.05, 0.1) is 4.92 Å². The van der Waals surface area contributed by atoms with E-state index < -0.39 is 4.92 Å². The second-order valence-electron chi connectivity index (χ2n) is 4.88. The number of anilines is 1. The van der Waals surface area contributed by atoms with Crippen molar-refractivity contribution in [1.82, 2.24) is 10.2 Å². The summed E-state index contributed by atoms with van der Waals surface area (Å²) in [5.74, 6) is 0.400. The molecule has 0 unspecified atom stereocenters. The highest BCUT2D eigenvalue weighted by atomic mass is 16.6. The Morgan fingerprint density at radius 3 is 3.10 bits per heavy atom. The molecule has 0 saturated carbocycles. The number of nitro groups is 1. The quantitative estimate of drug-likeness (QED) is 0.648. The summed E-state index contributed by atoms with van der Waals surface area (Å²) in [4.78, 5) is 23.2. The average molecular weight is 290 g/mol. The van der Waals surface area contributed by atoms with Crippen molar-refractivity contribution < 1.29 is 9.72 Å². The number of nitrogens with one attached hydrogen (secondary N) is 2. The van der Waals surface area contributed by atoms with Crippen LogP contribution >= 0.6 is 0 Å². The summed E-state index contributed by atoms with van der Waals surface area (Å²) in [5, 5.41) is 16.4. The Kier molecular flexibility index (Phi) is 4.76. The molecule has 7 heteroatoms. The third-order valence-electron chi connectivity index (χ3n) is 3.10. The van der Waals surface area contributed by atoms with Crippen molar-refractivity contribution in [2.24, 2.45) is 0 Å². The molecule has 0 aliphatic carbocycles. The molecule has 21 heavy (non-hydrogen) atoms. The smallest absolute Gasteiger partial charge is 0.274 e. The van der Waals surface area contributed by atoms with Gasteiger partial charge in [0.15, 0.2) is 5.82 Å². The summed E-state index contributed by atoms with van der Waals surface area (Å²) in [6, 6.07) is 7.48. The summed E-state index contributed by atoms with van der Waals surface area (Å²) in [7, 11) is 0. The van der Waals surface area contributed by atoms with E-state index in [2.05, 4.69) is 10.6 Å². The fourth-order valence-electron chi connectivity index (χ4n) is 2.28. The normalized spacial score (nSPS) is 16.4. The maximum absolute atomic E-state index is 11.1. The summed E-state index contributed by atoms with van der Waals surface area (Å²) >= 11 is 0. The van der Waals surface area contributed by atoms with E-state index in [9.17, 15) is 14.9 Å².